The van der Waals surface area contributed by atoms with Gasteiger partial charge in [-0.15, -0.1) is 0 Å². The summed E-state index contributed by atoms with van der Waals surface area (Å²) in [5, 5.41) is 17.8. The van der Waals surface area contributed by atoms with Crippen molar-refractivity contribution in [2.45, 2.75) is 33.1 Å². The van der Waals surface area contributed by atoms with Crippen LogP contribution in [-0.2, 0) is 0 Å². The summed E-state index contributed by atoms with van der Waals surface area (Å²) in [6.07, 6.45) is 2.67. The number of aromatic nitrogens is 3. The molecule has 1 N–H and O–H groups in total. The van der Waals surface area contributed by atoms with E-state index in [-0.39, 0.29) is 5.56 Å². The maximum Gasteiger partial charge on any atom is 0.337 e. The van der Waals surface area contributed by atoms with Crippen LogP contribution in [0.25, 0.3) is 5.69 Å². The number of aryl methyl sites for hydroxylation is 1. The molecular formula is C14H17N3O2. The highest BCUT2D eigenvalue weighted by Crippen LogP contribution is 2.20. The van der Waals surface area contributed by atoms with Crippen LogP contribution in [0, 0.1) is 6.92 Å². The molecule has 2 aromatic rings. The quantitative estimate of drug-likeness (QED) is 0.916. The van der Waals surface area contributed by atoms with E-state index >= 15 is 0 Å². The summed E-state index contributed by atoms with van der Waals surface area (Å²) in [6, 6.07) is 5.15. The Morgan fingerprint density at radius 3 is 2.84 bits per heavy atom. The van der Waals surface area contributed by atoms with Gasteiger partial charge in [-0.2, -0.15) is 15.0 Å². The monoisotopic (exact) mass is 259 g/mol. The van der Waals surface area contributed by atoms with Crippen molar-refractivity contribution in [2.75, 3.05) is 0 Å². The molecule has 1 atom stereocenters. The number of aromatic carboxylic acids is 1. The summed E-state index contributed by atoms with van der Waals surface area (Å²) in [4.78, 5) is 12.7. The fourth-order valence-electron chi connectivity index (χ4n) is 1.91. The van der Waals surface area contributed by atoms with Gasteiger partial charge in [-0.25, -0.2) is 4.79 Å². The summed E-state index contributed by atoms with van der Waals surface area (Å²) in [7, 11) is 0. The molecule has 0 saturated carbocycles. The summed E-state index contributed by atoms with van der Waals surface area (Å²) < 4.78 is 0. The zero-order valence-corrected chi connectivity index (χ0v) is 11.3. The van der Waals surface area contributed by atoms with Gasteiger partial charge in [-0.1, -0.05) is 26.0 Å². The minimum absolute atomic E-state index is 0.214. The van der Waals surface area contributed by atoms with Crippen LogP contribution >= 0.6 is 0 Å². The predicted octanol–water partition coefficient (Wildman–Crippen LogP) is 2.79. The van der Waals surface area contributed by atoms with E-state index in [1.54, 1.807) is 18.3 Å². The van der Waals surface area contributed by atoms with Crippen LogP contribution in [0.1, 0.15) is 47.8 Å². The maximum absolute atomic E-state index is 11.3. The van der Waals surface area contributed by atoms with E-state index in [0.717, 1.165) is 17.7 Å². The fourth-order valence-corrected chi connectivity index (χ4v) is 1.91. The molecule has 100 valence electrons. The number of hydrogen-bond acceptors (Lipinski definition) is 3. The van der Waals surface area contributed by atoms with Gasteiger partial charge in [0.15, 0.2) is 0 Å². The minimum Gasteiger partial charge on any atom is -0.478 e. The van der Waals surface area contributed by atoms with Crippen LogP contribution in [0.5, 0.6) is 0 Å². The van der Waals surface area contributed by atoms with Crippen molar-refractivity contribution in [1.82, 2.24) is 15.0 Å². The van der Waals surface area contributed by atoms with Crippen LogP contribution in [0.15, 0.2) is 24.4 Å². The van der Waals surface area contributed by atoms with Crippen LogP contribution in [-0.4, -0.2) is 26.1 Å². The lowest BCUT2D eigenvalue weighted by molar-refractivity contribution is 0.0696. The number of carbonyl (C=O) groups is 1. The number of hydrogen-bond donors (Lipinski definition) is 1. The summed E-state index contributed by atoms with van der Waals surface area (Å²) in [6.45, 7) is 6.01. The maximum atomic E-state index is 11.3. The standard InChI is InChI=1S/C14H17N3O2/c1-4-9(2)12-8-15-17(16-12)13-10(3)6-5-7-11(13)14(18)19/h5-9H,4H2,1-3H3,(H,18,19). The molecule has 1 heterocycles. The second kappa shape index (κ2) is 5.22. The van der Waals surface area contributed by atoms with Gasteiger partial charge in [0.1, 0.15) is 5.69 Å². The molecule has 0 amide bonds. The van der Waals surface area contributed by atoms with Crippen LogP contribution in [0.2, 0.25) is 0 Å². The van der Waals surface area contributed by atoms with E-state index < -0.39 is 5.97 Å². The number of benzene rings is 1. The molecule has 0 spiro atoms. The SMILES string of the molecule is CCC(C)c1cnn(-c2c(C)cccc2C(=O)O)n1. The lowest BCUT2D eigenvalue weighted by Crippen LogP contribution is -2.10. The third kappa shape index (κ3) is 2.50. The van der Waals surface area contributed by atoms with Crippen LogP contribution in [0.3, 0.4) is 0 Å². The summed E-state index contributed by atoms with van der Waals surface area (Å²) >= 11 is 0. The van der Waals surface area contributed by atoms with Gasteiger partial charge in [0.25, 0.3) is 0 Å². The first kappa shape index (κ1) is 13.3. The first-order valence-corrected chi connectivity index (χ1v) is 6.30. The lowest BCUT2D eigenvalue weighted by atomic mass is 10.1. The Morgan fingerprint density at radius 1 is 1.47 bits per heavy atom. The summed E-state index contributed by atoms with van der Waals surface area (Å²) in [5.74, 6) is -0.660. The highest BCUT2D eigenvalue weighted by molar-refractivity contribution is 5.92. The van der Waals surface area contributed by atoms with Crippen molar-refractivity contribution in [1.29, 1.82) is 0 Å². The minimum atomic E-state index is -0.971. The zero-order chi connectivity index (χ0) is 14.0. The molecular weight excluding hydrogens is 242 g/mol. The molecule has 0 saturated heterocycles. The Labute approximate surface area is 111 Å². The first-order valence-electron chi connectivity index (χ1n) is 6.30. The average molecular weight is 259 g/mol. The molecule has 0 bridgehead atoms. The fraction of sp³-hybridized carbons (Fsp3) is 0.357. The third-order valence-electron chi connectivity index (χ3n) is 3.30. The molecule has 0 aliphatic heterocycles. The molecule has 0 aliphatic rings. The highest BCUT2D eigenvalue weighted by Gasteiger charge is 2.17. The number of carboxylic acids is 1. The van der Waals surface area contributed by atoms with E-state index in [4.69, 9.17) is 0 Å². The predicted molar refractivity (Wildman–Crippen MR) is 71.8 cm³/mol. The Hall–Kier alpha value is -2.17. The van der Waals surface area contributed by atoms with Crippen molar-refractivity contribution in [3.05, 3.63) is 41.2 Å². The lowest BCUT2D eigenvalue weighted by Gasteiger charge is -2.08. The smallest absolute Gasteiger partial charge is 0.337 e. The second-order valence-corrected chi connectivity index (χ2v) is 4.64. The number of nitrogens with zero attached hydrogens (tertiary/aromatic N) is 3. The molecule has 19 heavy (non-hydrogen) atoms. The van der Waals surface area contributed by atoms with E-state index in [1.165, 1.54) is 4.80 Å². The first-order chi connectivity index (χ1) is 9.04. The van der Waals surface area contributed by atoms with Crippen molar-refractivity contribution in [3.8, 4) is 5.69 Å². The van der Waals surface area contributed by atoms with Gasteiger partial charge in [-0.05, 0) is 25.0 Å². The van der Waals surface area contributed by atoms with Crippen molar-refractivity contribution < 1.29 is 9.90 Å². The Balaban J connectivity index is 2.53. The average Bonchev–Trinajstić information content (AvgIpc) is 2.86. The number of rotatable bonds is 4. The molecule has 5 nitrogen and oxygen atoms in total. The van der Waals surface area contributed by atoms with Gasteiger partial charge >= 0.3 is 5.97 Å². The van der Waals surface area contributed by atoms with Crippen molar-refractivity contribution in [2.24, 2.45) is 0 Å². The van der Waals surface area contributed by atoms with Crippen molar-refractivity contribution >= 4 is 5.97 Å². The normalized spacial score (nSPS) is 12.4. The van der Waals surface area contributed by atoms with Crippen LogP contribution in [0.4, 0.5) is 0 Å². The van der Waals surface area contributed by atoms with Gasteiger partial charge in [0, 0.05) is 5.92 Å². The van der Waals surface area contributed by atoms with E-state index in [9.17, 15) is 9.90 Å². The Kier molecular flexibility index (Phi) is 3.64. The molecule has 5 heteroatoms. The van der Waals surface area contributed by atoms with Crippen molar-refractivity contribution in [3.63, 3.8) is 0 Å². The van der Waals surface area contributed by atoms with E-state index in [0.29, 0.717) is 11.6 Å². The van der Waals surface area contributed by atoms with Crippen LogP contribution < -0.4 is 0 Å². The zero-order valence-electron chi connectivity index (χ0n) is 11.3. The van der Waals surface area contributed by atoms with E-state index in [1.807, 2.05) is 13.0 Å². The largest absolute Gasteiger partial charge is 0.478 e. The molecule has 0 fully saturated rings. The van der Waals surface area contributed by atoms with Gasteiger partial charge in [0.2, 0.25) is 0 Å². The third-order valence-corrected chi connectivity index (χ3v) is 3.30. The molecule has 0 radical (unpaired) electrons. The molecule has 1 aromatic carbocycles. The number of para-hydroxylation sites is 1. The Morgan fingerprint density at radius 2 is 2.21 bits per heavy atom. The number of carboxylic acid groups (broad SMARTS) is 1. The Bertz CT molecular complexity index is 604. The molecule has 0 aliphatic carbocycles. The second-order valence-electron chi connectivity index (χ2n) is 4.64. The molecule has 1 aromatic heterocycles. The van der Waals surface area contributed by atoms with Gasteiger partial charge in [0.05, 0.1) is 17.5 Å². The highest BCUT2D eigenvalue weighted by atomic mass is 16.4. The van der Waals surface area contributed by atoms with Gasteiger partial charge < -0.3 is 5.11 Å². The topological polar surface area (TPSA) is 68.0 Å². The molecule has 1 unspecified atom stereocenters. The van der Waals surface area contributed by atoms with Gasteiger partial charge in [-0.3, -0.25) is 0 Å². The summed E-state index contributed by atoms with van der Waals surface area (Å²) in [5.41, 5.74) is 2.46. The van der Waals surface area contributed by atoms with E-state index in [2.05, 4.69) is 24.0 Å². The molecule has 2 rings (SSSR count).